The standard InChI is InChI=1S/C19H28N2O/c20-18-14-21(13-17(18)15-9-7-4-8-10-15)19(22)16-11-5-2-1-3-6-12-16/h4,7-10,16-18H,1-3,5-6,11-14,20H2/t17-,18+/m0/s1. The lowest BCUT2D eigenvalue weighted by Gasteiger charge is -2.25. The average molecular weight is 300 g/mol. The van der Waals surface area contributed by atoms with Crippen molar-refractivity contribution in [2.45, 2.75) is 56.9 Å². The molecule has 1 amide bonds. The quantitative estimate of drug-likeness (QED) is 0.911. The summed E-state index contributed by atoms with van der Waals surface area (Å²) in [5.41, 5.74) is 7.60. The van der Waals surface area contributed by atoms with Gasteiger partial charge in [-0.25, -0.2) is 0 Å². The maximum Gasteiger partial charge on any atom is 0.225 e. The normalized spacial score (nSPS) is 27.4. The van der Waals surface area contributed by atoms with Gasteiger partial charge < -0.3 is 10.6 Å². The number of nitrogens with two attached hydrogens (primary N) is 1. The van der Waals surface area contributed by atoms with Gasteiger partial charge in [0.1, 0.15) is 0 Å². The van der Waals surface area contributed by atoms with Crippen LogP contribution in [-0.4, -0.2) is 29.9 Å². The number of nitrogens with zero attached hydrogens (tertiary/aromatic N) is 1. The number of hydrogen-bond acceptors (Lipinski definition) is 2. The number of carbonyl (C=O) groups is 1. The highest BCUT2D eigenvalue weighted by molar-refractivity contribution is 5.79. The van der Waals surface area contributed by atoms with E-state index in [4.69, 9.17) is 5.73 Å². The van der Waals surface area contributed by atoms with Crippen molar-refractivity contribution in [3.63, 3.8) is 0 Å². The van der Waals surface area contributed by atoms with Gasteiger partial charge in [0, 0.05) is 31.0 Å². The van der Waals surface area contributed by atoms with Crippen LogP contribution in [0.25, 0.3) is 0 Å². The highest BCUT2D eigenvalue weighted by Crippen LogP contribution is 2.30. The van der Waals surface area contributed by atoms with Gasteiger partial charge in [-0.05, 0) is 18.4 Å². The third kappa shape index (κ3) is 3.52. The maximum atomic E-state index is 12.9. The topological polar surface area (TPSA) is 46.3 Å². The first kappa shape index (κ1) is 15.5. The van der Waals surface area contributed by atoms with Crippen molar-refractivity contribution in [2.75, 3.05) is 13.1 Å². The van der Waals surface area contributed by atoms with Crippen LogP contribution in [0.4, 0.5) is 0 Å². The number of rotatable bonds is 2. The molecule has 0 aromatic heterocycles. The molecule has 2 N–H and O–H groups in total. The molecule has 1 aliphatic heterocycles. The smallest absolute Gasteiger partial charge is 0.225 e. The number of carbonyl (C=O) groups excluding carboxylic acids is 1. The molecule has 3 heteroatoms. The molecular formula is C19H28N2O. The Morgan fingerprint density at radius 3 is 2.27 bits per heavy atom. The van der Waals surface area contributed by atoms with E-state index in [0.717, 1.165) is 25.9 Å². The van der Waals surface area contributed by atoms with Gasteiger partial charge in [0.2, 0.25) is 5.91 Å². The fourth-order valence-corrected chi connectivity index (χ4v) is 4.02. The number of hydrogen-bond donors (Lipinski definition) is 1. The van der Waals surface area contributed by atoms with E-state index in [2.05, 4.69) is 24.3 Å². The molecule has 1 saturated heterocycles. The van der Waals surface area contributed by atoms with Gasteiger partial charge in [0.05, 0.1) is 0 Å². The summed E-state index contributed by atoms with van der Waals surface area (Å²) >= 11 is 0. The minimum absolute atomic E-state index is 0.0694. The summed E-state index contributed by atoms with van der Waals surface area (Å²) in [5, 5.41) is 0. The molecule has 1 aromatic carbocycles. The van der Waals surface area contributed by atoms with Crippen molar-refractivity contribution < 1.29 is 4.79 Å². The second-order valence-corrected chi connectivity index (χ2v) is 6.97. The largest absolute Gasteiger partial charge is 0.340 e. The van der Waals surface area contributed by atoms with Crippen molar-refractivity contribution >= 4 is 5.91 Å². The molecule has 1 aromatic rings. The summed E-state index contributed by atoms with van der Waals surface area (Å²) in [4.78, 5) is 14.9. The van der Waals surface area contributed by atoms with E-state index < -0.39 is 0 Å². The maximum absolute atomic E-state index is 12.9. The van der Waals surface area contributed by atoms with E-state index in [1.165, 1.54) is 37.7 Å². The zero-order chi connectivity index (χ0) is 15.4. The molecule has 0 radical (unpaired) electrons. The van der Waals surface area contributed by atoms with Crippen LogP contribution in [0.1, 0.15) is 56.4 Å². The van der Waals surface area contributed by atoms with Gasteiger partial charge in [0.25, 0.3) is 0 Å². The summed E-state index contributed by atoms with van der Waals surface area (Å²) in [5.74, 6) is 0.886. The number of benzene rings is 1. The lowest BCUT2D eigenvalue weighted by atomic mass is 9.90. The Balaban J connectivity index is 1.64. The molecule has 120 valence electrons. The molecule has 1 aliphatic carbocycles. The van der Waals surface area contributed by atoms with E-state index in [1.54, 1.807) is 0 Å². The van der Waals surface area contributed by atoms with Crippen LogP contribution in [0.15, 0.2) is 30.3 Å². The summed E-state index contributed by atoms with van der Waals surface area (Å²) in [6.45, 7) is 1.51. The van der Waals surface area contributed by atoms with Crippen molar-refractivity contribution in [3.05, 3.63) is 35.9 Å². The lowest BCUT2D eigenvalue weighted by molar-refractivity contribution is -0.135. The summed E-state index contributed by atoms with van der Waals surface area (Å²) < 4.78 is 0. The van der Waals surface area contributed by atoms with Gasteiger partial charge in [-0.15, -0.1) is 0 Å². The minimum atomic E-state index is 0.0694. The summed E-state index contributed by atoms with van der Waals surface area (Å²) in [6, 6.07) is 10.5. The van der Waals surface area contributed by atoms with E-state index in [-0.39, 0.29) is 12.0 Å². The predicted molar refractivity (Wildman–Crippen MR) is 89.5 cm³/mol. The van der Waals surface area contributed by atoms with Crippen LogP contribution < -0.4 is 5.73 Å². The van der Waals surface area contributed by atoms with Gasteiger partial charge in [-0.2, -0.15) is 0 Å². The van der Waals surface area contributed by atoms with E-state index in [1.807, 2.05) is 11.0 Å². The molecule has 3 nitrogen and oxygen atoms in total. The molecule has 1 saturated carbocycles. The van der Waals surface area contributed by atoms with Crippen molar-refractivity contribution in [1.29, 1.82) is 0 Å². The first-order valence-electron chi connectivity index (χ1n) is 8.85. The Hall–Kier alpha value is -1.35. The molecule has 22 heavy (non-hydrogen) atoms. The van der Waals surface area contributed by atoms with E-state index in [0.29, 0.717) is 11.8 Å². The zero-order valence-corrected chi connectivity index (χ0v) is 13.4. The second-order valence-electron chi connectivity index (χ2n) is 6.97. The number of likely N-dealkylation sites (tertiary alicyclic amines) is 1. The highest BCUT2D eigenvalue weighted by atomic mass is 16.2. The minimum Gasteiger partial charge on any atom is -0.340 e. The molecule has 3 rings (SSSR count). The zero-order valence-electron chi connectivity index (χ0n) is 13.4. The SMILES string of the molecule is N[C@@H]1CN(C(=O)C2CCCCCCC2)C[C@H]1c1ccccc1. The first-order chi connectivity index (χ1) is 10.8. The predicted octanol–water partition coefficient (Wildman–Crippen LogP) is 3.30. The third-order valence-electron chi connectivity index (χ3n) is 5.36. The second kappa shape index (κ2) is 7.28. The van der Waals surface area contributed by atoms with Gasteiger partial charge in [-0.3, -0.25) is 4.79 Å². The molecule has 2 fully saturated rings. The Morgan fingerprint density at radius 2 is 1.59 bits per heavy atom. The van der Waals surface area contributed by atoms with Crippen molar-refractivity contribution in [3.8, 4) is 0 Å². The molecular weight excluding hydrogens is 272 g/mol. The fraction of sp³-hybridized carbons (Fsp3) is 0.632. The van der Waals surface area contributed by atoms with Gasteiger partial charge >= 0.3 is 0 Å². The average Bonchev–Trinajstić information content (AvgIpc) is 2.89. The van der Waals surface area contributed by atoms with Crippen LogP contribution in [0.5, 0.6) is 0 Å². The molecule has 0 unspecified atom stereocenters. The van der Waals surface area contributed by atoms with Crippen LogP contribution in [0.2, 0.25) is 0 Å². The van der Waals surface area contributed by atoms with Crippen LogP contribution in [0.3, 0.4) is 0 Å². The van der Waals surface area contributed by atoms with Crippen molar-refractivity contribution in [1.82, 2.24) is 4.90 Å². The van der Waals surface area contributed by atoms with E-state index >= 15 is 0 Å². The Kier molecular flexibility index (Phi) is 5.14. The van der Waals surface area contributed by atoms with Crippen LogP contribution >= 0.6 is 0 Å². The fourth-order valence-electron chi connectivity index (χ4n) is 4.02. The van der Waals surface area contributed by atoms with Crippen LogP contribution in [0, 0.1) is 5.92 Å². The monoisotopic (exact) mass is 300 g/mol. The van der Waals surface area contributed by atoms with Crippen molar-refractivity contribution in [2.24, 2.45) is 11.7 Å². The summed E-state index contributed by atoms with van der Waals surface area (Å²) in [7, 11) is 0. The molecule has 1 heterocycles. The Morgan fingerprint density at radius 1 is 0.955 bits per heavy atom. The first-order valence-corrected chi connectivity index (χ1v) is 8.85. The van der Waals surface area contributed by atoms with E-state index in [9.17, 15) is 4.79 Å². The lowest BCUT2D eigenvalue weighted by Crippen LogP contribution is -2.36. The third-order valence-corrected chi connectivity index (χ3v) is 5.36. The Labute approximate surface area is 133 Å². The molecule has 2 aliphatic rings. The van der Waals surface area contributed by atoms with Gasteiger partial charge in [-0.1, -0.05) is 62.4 Å². The van der Waals surface area contributed by atoms with Crippen LogP contribution in [-0.2, 0) is 4.79 Å². The summed E-state index contributed by atoms with van der Waals surface area (Å²) in [6.07, 6.45) is 8.47. The highest BCUT2D eigenvalue weighted by Gasteiger charge is 2.36. The molecule has 0 bridgehead atoms. The Bertz CT molecular complexity index is 479. The van der Waals surface area contributed by atoms with Gasteiger partial charge in [0.15, 0.2) is 0 Å². The molecule has 2 atom stereocenters. The molecule has 0 spiro atoms. The number of amides is 1.